The van der Waals surface area contributed by atoms with Gasteiger partial charge >= 0.3 is 5.97 Å². The highest BCUT2D eigenvalue weighted by atomic mass is 16.5. The summed E-state index contributed by atoms with van der Waals surface area (Å²) in [5, 5.41) is 7.55. The molecule has 0 saturated carbocycles. The average molecular weight is 739 g/mol. The minimum absolute atomic E-state index is 0.0673. The molecule has 0 rings (SSSR count). The number of hydrogen-bond acceptors (Lipinski definition) is 4. The van der Waals surface area contributed by atoms with Crippen molar-refractivity contribution in [2.45, 2.75) is 246 Å². The molecule has 0 aliphatic heterocycles. The molecule has 0 aromatic heterocycles. The molecule has 52 heavy (non-hydrogen) atoms. The summed E-state index contributed by atoms with van der Waals surface area (Å²) in [6.07, 6.45) is 40.6. The number of unbranched alkanes of at least 4 members (excludes halogenated alkanes) is 21. The topological polar surface area (TPSA) is 61.7 Å². The molecule has 0 bridgehead atoms. The summed E-state index contributed by atoms with van der Waals surface area (Å²) in [4.78, 5) is 15.4. The second-order valence-corrected chi connectivity index (χ2v) is 16.4. The van der Waals surface area contributed by atoms with E-state index in [1.54, 1.807) is 0 Å². The lowest BCUT2D eigenvalue weighted by atomic mass is 9.91. The Balaban J connectivity index is 3.98. The standard InChI is InChI=1S/C47H95NO4/c1-6-10-14-26-36-45(34-12-8-3)44(5)51-42-32-24-20-16-18-22-28-38-48(40-30-31-41-49)39-29-23-19-17-21-25-33-43-52-47(50)46(35-13-9-4)37-27-15-11-7-2/h44-46,49H,6-43H2,1-5H3/p+1. The van der Waals surface area contributed by atoms with E-state index in [1.807, 2.05) is 0 Å². The predicted octanol–water partition coefficient (Wildman–Crippen LogP) is 13.8. The molecule has 3 unspecified atom stereocenters. The molecule has 0 aliphatic rings. The summed E-state index contributed by atoms with van der Waals surface area (Å²) in [6, 6.07) is 0. The van der Waals surface area contributed by atoms with E-state index >= 15 is 0 Å². The monoisotopic (exact) mass is 739 g/mol. The Kier molecular flexibility index (Phi) is 41.0. The number of ether oxygens (including phenoxy) is 2. The smallest absolute Gasteiger partial charge is 0.308 e. The van der Waals surface area contributed by atoms with Gasteiger partial charge in [0.25, 0.3) is 0 Å². The molecule has 0 spiro atoms. The molecule has 0 saturated heterocycles. The number of carbonyl (C=O) groups is 1. The van der Waals surface area contributed by atoms with Gasteiger partial charge in [-0.05, 0) is 90.3 Å². The van der Waals surface area contributed by atoms with E-state index in [9.17, 15) is 4.79 Å². The van der Waals surface area contributed by atoms with Gasteiger partial charge in [-0.1, -0.05) is 169 Å². The minimum Gasteiger partial charge on any atom is -0.465 e. The second kappa shape index (κ2) is 41.5. The lowest BCUT2D eigenvalue weighted by Crippen LogP contribution is -2.27. The van der Waals surface area contributed by atoms with Crippen LogP contribution in [0.15, 0.2) is 0 Å². The van der Waals surface area contributed by atoms with E-state index < -0.39 is 0 Å². The largest absolute Gasteiger partial charge is 0.465 e. The average Bonchev–Trinajstić information content (AvgIpc) is 3.15. The minimum atomic E-state index is 0.0673. The van der Waals surface area contributed by atoms with Crippen molar-refractivity contribution < 1.29 is 19.4 Å². The Hall–Kier alpha value is -0.650. The van der Waals surface area contributed by atoms with Crippen molar-refractivity contribution in [3.05, 3.63) is 0 Å². The van der Waals surface area contributed by atoms with E-state index in [1.165, 1.54) is 180 Å². The summed E-state index contributed by atoms with van der Waals surface area (Å²) in [7, 11) is 0. The van der Waals surface area contributed by atoms with Crippen LogP contribution in [0.3, 0.4) is 0 Å². The Morgan fingerprint density at radius 1 is 0.481 bits per heavy atom. The van der Waals surface area contributed by atoms with Crippen LogP contribution in [0.25, 0.3) is 0 Å². The van der Waals surface area contributed by atoms with Crippen LogP contribution in [0.2, 0.25) is 0 Å². The van der Waals surface area contributed by atoms with Crippen molar-refractivity contribution in [1.82, 2.24) is 4.90 Å². The summed E-state index contributed by atoms with van der Waals surface area (Å²) in [6.45, 7) is 17.1. The molecule has 0 fully saturated rings. The number of rotatable bonds is 43. The predicted molar refractivity (Wildman–Crippen MR) is 229 cm³/mol. The Labute approximate surface area is 326 Å². The molecular weight excluding hydrogens is 643 g/mol. The van der Waals surface area contributed by atoms with E-state index in [0.29, 0.717) is 19.3 Å². The van der Waals surface area contributed by atoms with Crippen LogP contribution in [0.5, 0.6) is 0 Å². The van der Waals surface area contributed by atoms with Crippen LogP contribution < -0.4 is 0 Å². The summed E-state index contributed by atoms with van der Waals surface area (Å²) in [5.74, 6) is 0.941. The fourth-order valence-corrected chi connectivity index (χ4v) is 7.70. The van der Waals surface area contributed by atoms with Crippen LogP contribution in [0, 0.1) is 11.8 Å². The lowest BCUT2D eigenvalue weighted by molar-refractivity contribution is -0.149. The van der Waals surface area contributed by atoms with Crippen LogP contribution >= 0.6 is 0 Å². The van der Waals surface area contributed by atoms with Gasteiger partial charge in [-0.2, -0.15) is 0 Å². The van der Waals surface area contributed by atoms with Gasteiger partial charge in [0.05, 0.1) is 18.6 Å². The molecule has 3 atom stereocenters. The first-order chi connectivity index (χ1) is 25.5. The fraction of sp³-hybridized carbons (Fsp3) is 0.979. The number of carbonyl (C=O) groups excluding carboxylic acids is 1. The third-order valence-corrected chi connectivity index (χ3v) is 11.4. The lowest BCUT2D eigenvalue weighted by Gasteiger charge is -2.24. The third-order valence-electron chi connectivity index (χ3n) is 11.4. The molecule has 0 radical (unpaired) electrons. The number of hydrogen-bond donors (Lipinski definition) is 0. The van der Waals surface area contributed by atoms with Crippen LogP contribution in [-0.2, 0) is 14.3 Å². The highest BCUT2D eigenvalue weighted by Crippen LogP contribution is 2.24. The zero-order valence-corrected chi connectivity index (χ0v) is 36.3. The maximum atomic E-state index is 12.7. The van der Waals surface area contributed by atoms with Crippen LogP contribution in [0.4, 0.5) is 0 Å². The molecule has 312 valence electrons. The molecule has 5 nitrogen and oxygen atoms in total. The first kappa shape index (κ1) is 51.4. The van der Waals surface area contributed by atoms with Crippen LogP contribution in [0.1, 0.15) is 240 Å². The Morgan fingerprint density at radius 2 is 0.885 bits per heavy atom. The van der Waals surface area contributed by atoms with Crippen LogP contribution in [-0.4, -0.2) is 61.5 Å². The van der Waals surface area contributed by atoms with Gasteiger partial charge in [-0.15, -0.1) is 0 Å². The second-order valence-electron chi connectivity index (χ2n) is 16.4. The van der Waals surface area contributed by atoms with E-state index in [2.05, 4.69) is 39.5 Å². The summed E-state index contributed by atoms with van der Waals surface area (Å²) in [5.41, 5.74) is 0. The quantitative estimate of drug-likeness (QED) is 0.0355. The maximum absolute atomic E-state index is 12.7. The normalized spacial score (nSPS) is 13.5. The number of nitrogens with zero attached hydrogens (tertiary/aromatic N) is 1. The SMILES string of the molecule is CCCCCCC(CCCC)C(=O)OCCCCCCCCCN(CCCC[OH2+])CCCCCCCCCOC(C)C(CCCC)CCCCCC. The van der Waals surface area contributed by atoms with Crippen molar-refractivity contribution in [3.8, 4) is 0 Å². The van der Waals surface area contributed by atoms with Crippen molar-refractivity contribution >= 4 is 5.97 Å². The zero-order chi connectivity index (χ0) is 38.2. The van der Waals surface area contributed by atoms with Gasteiger partial charge in [0.1, 0.15) is 6.61 Å². The van der Waals surface area contributed by atoms with Crippen molar-refractivity contribution in [1.29, 1.82) is 0 Å². The third kappa shape index (κ3) is 33.9. The van der Waals surface area contributed by atoms with Gasteiger partial charge < -0.3 is 19.5 Å². The molecule has 0 amide bonds. The van der Waals surface area contributed by atoms with E-state index in [-0.39, 0.29) is 11.9 Å². The molecule has 0 aromatic rings. The van der Waals surface area contributed by atoms with Crippen molar-refractivity contribution in [3.63, 3.8) is 0 Å². The molecule has 5 heteroatoms. The molecule has 2 N–H and O–H groups in total. The number of esters is 1. The van der Waals surface area contributed by atoms with Gasteiger partial charge in [0.15, 0.2) is 0 Å². The first-order valence-corrected chi connectivity index (χ1v) is 23.7. The van der Waals surface area contributed by atoms with Gasteiger partial charge in [0.2, 0.25) is 0 Å². The summed E-state index contributed by atoms with van der Waals surface area (Å²) >= 11 is 0. The maximum Gasteiger partial charge on any atom is 0.308 e. The van der Waals surface area contributed by atoms with E-state index in [4.69, 9.17) is 14.6 Å². The Bertz CT molecular complexity index is 703. The molecule has 0 heterocycles. The van der Waals surface area contributed by atoms with Gasteiger partial charge in [-0.25, -0.2) is 0 Å². The van der Waals surface area contributed by atoms with Gasteiger partial charge in [-0.3, -0.25) is 4.79 Å². The summed E-state index contributed by atoms with van der Waals surface area (Å²) < 4.78 is 12.1. The fourth-order valence-electron chi connectivity index (χ4n) is 7.70. The zero-order valence-electron chi connectivity index (χ0n) is 36.3. The van der Waals surface area contributed by atoms with Gasteiger partial charge in [0, 0.05) is 13.0 Å². The molecule has 0 aliphatic carbocycles. The van der Waals surface area contributed by atoms with Crippen molar-refractivity contribution in [2.24, 2.45) is 11.8 Å². The highest BCUT2D eigenvalue weighted by molar-refractivity contribution is 5.72. The van der Waals surface area contributed by atoms with E-state index in [0.717, 1.165) is 57.5 Å². The molecule has 0 aromatic carbocycles. The Morgan fingerprint density at radius 3 is 1.42 bits per heavy atom. The highest BCUT2D eigenvalue weighted by Gasteiger charge is 2.19. The van der Waals surface area contributed by atoms with Crippen molar-refractivity contribution in [2.75, 3.05) is 39.5 Å². The molecular formula is C47H96NO4+. The first-order valence-electron chi connectivity index (χ1n) is 23.7.